The van der Waals surface area contributed by atoms with Crippen molar-refractivity contribution in [2.75, 3.05) is 26.8 Å². The smallest absolute Gasteiger partial charge is 0.191 e. The Morgan fingerprint density at radius 3 is 2.86 bits per heavy atom. The monoisotopic (exact) mass is 309 g/mol. The van der Waals surface area contributed by atoms with E-state index in [0.717, 1.165) is 50.9 Å². The lowest BCUT2D eigenvalue weighted by molar-refractivity contribution is 0.143. The Morgan fingerprint density at radius 1 is 1.36 bits per heavy atom. The zero-order chi connectivity index (χ0) is 16.2. The molecule has 0 saturated heterocycles. The SMILES string of the molecule is CCOCCCCNC(=NC)NCc1nccn1CC(C)C. The number of ether oxygens (including phenoxy) is 1. The van der Waals surface area contributed by atoms with Gasteiger partial charge < -0.3 is 19.9 Å². The summed E-state index contributed by atoms with van der Waals surface area (Å²) in [7, 11) is 1.79. The van der Waals surface area contributed by atoms with Crippen molar-refractivity contribution < 1.29 is 4.74 Å². The van der Waals surface area contributed by atoms with Gasteiger partial charge in [-0.25, -0.2) is 4.98 Å². The molecule has 0 radical (unpaired) electrons. The van der Waals surface area contributed by atoms with E-state index in [1.54, 1.807) is 7.05 Å². The number of aromatic nitrogens is 2. The first-order valence-corrected chi connectivity index (χ1v) is 8.19. The van der Waals surface area contributed by atoms with E-state index in [9.17, 15) is 0 Å². The summed E-state index contributed by atoms with van der Waals surface area (Å²) in [6.07, 6.45) is 6.02. The Morgan fingerprint density at radius 2 is 2.18 bits per heavy atom. The van der Waals surface area contributed by atoms with Gasteiger partial charge in [-0.1, -0.05) is 13.8 Å². The fourth-order valence-corrected chi connectivity index (χ4v) is 2.13. The minimum Gasteiger partial charge on any atom is -0.382 e. The summed E-state index contributed by atoms with van der Waals surface area (Å²) in [5.41, 5.74) is 0. The molecule has 2 N–H and O–H groups in total. The minimum absolute atomic E-state index is 0.607. The van der Waals surface area contributed by atoms with Crippen molar-refractivity contribution in [2.24, 2.45) is 10.9 Å². The molecule has 22 heavy (non-hydrogen) atoms. The van der Waals surface area contributed by atoms with Gasteiger partial charge in [-0.3, -0.25) is 4.99 Å². The molecule has 0 saturated carbocycles. The predicted molar refractivity (Wildman–Crippen MR) is 91.0 cm³/mol. The van der Waals surface area contributed by atoms with Crippen LogP contribution in [0.2, 0.25) is 0 Å². The highest BCUT2D eigenvalue weighted by Gasteiger charge is 2.05. The van der Waals surface area contributed by atoms with Crippen LogP contribution in [0.1, 0.15) is 39.4 Å². The van der Waals surface area contributed by atoms with Crippen molar-refractivity contribution in [3.8, 4) is 0 Å². The van der Waals surface area contributed by atoms with Crippen molar-refractivity contribution in [3.05, 3.63) is 18.2 Å². The van der Waals surface area contributed by atoms with Crippen molar-refractivity contribution in [3.63, 3.8) is 0 Å². The molecule has 0 unspecified atom stereocenters. The number of aliphatic imine (C=N–C) groups is 1. The zero-order valence-electron chi connectivity index (χ0n) is 14.4. The Balaban J connectivity index is 2.28. The third-order valence-corrected chi connectivity index (χ3v) is 3.21. The highest BCUT2D eigenvalue weighted by molar-refractivity contribution is 5.79. The second-order valence-electron chi connectivity index (χ2n) is 5.65. The topological polar surface area (TPSA) is 63.5 Å². The highest BCUT2D eigenvalue weighted by atomic mass is 16.5. The van der Waals surface area contributed by atoms with Crippen LogP contribution in [0, 0.1) is 5.92 Å². The summed E-state index contributed by atoms with van der Waals surface area (Å²) < 4.78 is 7.51. The van der Waals surface area contributed by atoms with Gasteiger partial charge >= 0.3 is 0 Å². The Kier molecular flexibility index (Phi) is 9.30. The summed E-state index contributed by atoms with van der Waals surface area (Å²) in [4.78, 5) is 8.65. The van der Waals surface area contributed by atoms with Gasteiger partial charge in [0.2, 0.25) is 0 Å². The predicted octanol–water partition coefficient (Wildman–Crippen LogP) is 2.02. The van der Waals surface area contributed by atoms with E-state index in [1.165, 1.54) is 0 Å². The lowest BCUT2D eigenvalue weighted by Crippen LogP contribution is -2.38. The van der Waals surface area contributed by atoms with Crippen molar-refractivity contribution in [1.29, 1.82) is 0 Å². The van der Waals surface area contributed by atoms with Crippen molar-refractivity contribution in [2.45, 2.75) is 46.7 Å². The Hall–Kier alpha value is -1.56. The van der Waals surface area contributed by atoms with Gasteiger partial charge in [0.1, 0.15) is 5.82 Å². The van der Waals surface area contributed by atoms with Gasteiger partial charge in [-0.15, -0.1) is 0 Å². The lowest BCUT2D eigenvalue weighted by atomic mass is 10.2. The molecule has 1 aromatic rings. The first-order chi connectivity index (χ1) is 10.7. The molecule has 6 nitrogen and oxygen atoms in total. The van der Waals surface area contributed by atoms with Crippen LogP contribution in [0.25, 0.3) is 0 Å². The second-order valence-corrected chi connectivity index (χ2v) is 5.65. The van der Waals surface area contributed by atoms with E-state index in [4.69, 9.17) is 4.74 Å². The van der Waals surface area contributed by atoms with Crippen LogP contribution in [0.5, 0.6) is 0 Å². The van der Waals surface area contributed by atoms with Gasteiger partial charge in [0.05, 0.1) is 6.54 Å². The number of unbranched alkanes of at least 4 members (excludes halogenated alkanes) is 1. The number of rotatable bonds is 10. The third-order valence-electron chi connectivity index (χ3n) is 3.21. The maximum Gasteiger partial charge on any atom is 0.191 e. The molecule has 0 aliphatic rings. The fourth-order valence-electron chi connectivity index (χ4n) is 2.13. The molecule has 6 heteroatoms. The molecular formula is C16H31N5O. The third kappa shape index (κ3) is 7.45. The normalized spacial score (nSPS) is 12.0. The summed E-state index contributed by atoms with van der Waals surface area (Å²) in [6, 6.07) is 0. The summed E-state index contributed by atoms with van der Waals surface area (Å²) in [6.45, 7) is 10.6. The van der Waals surface area contributed by atoms with E-state index in [2.05, 4.69) is 39.0 Å². The van der Waals surface area contributed by atoms with E-state index >= 15 is 0 Å². The van der Waals surface area contributed by atoms with Gasteiger partial charge in [-0.05, 0) is 25.7 Å². The van der Waals surface area contributed by atoms with E-state index in [0.29, 0.717) is 12.5 Å². The summed E-state index contributed by atoms with van der Waals surface area (Å²) >= 11 is 0. The van der Waals surface area contributed by atoms with Crippen LogP contribution in [0.15, 0.2) is 17.4 Å². The minimum atomic E-state index is 0.607. The molecule has 126 valence electrons. The number of imidazole rings is 1. The first kappa shape index (κ1) is 18.5. The number of nitrogens with one attached hydrogen (secondary N) is 2. The van der Waals surface area contributed by atoms with Crippen LogP contribution in [0.3, 0.4) is 0 Å². The van der Waals surface area contributed by atoms with Crippen LogP contribution in [0.4, 0.5) is 0 Å². The molecule has 0 aromatic carbocycles. The molecule has 0 spiro atoms. The van der Waals surface area contributed by atoms with Crippen LogP contribution in [-0.2, 0) is 17.8 Å². The molecule has 1 rings (SSSR count). The summed E-state index contributed by atoms with van der Waals surface area (Å²) in [5, 5.41) is 6.63. The molecule has 0 bridgehead atoms. The Labute approximate surface area is 134 Å². The number of hydrogen-bond donors (Lipinski definition) is 2. The van der Waals surface area contributed by atoms with Crippen LogP contribution in [-0.4, -0.2) is 42.3 Å². The fraction of sp³-hybridized carbons (Fsp3) is 0.750. The van der Waals surface area contributed by atoms with Crippen molar-refractivity contribution in [1.82, 2.24) is 20.2 Å². The molecule has 0 fully saturated rings. The highest BCUT2D eigenvalue weighted by Crippen LogP contribution is 2.03. The van der Waals surface area contributed by atoms with E-state index in [1.807, 2.05) is 19.3 Å². The zero-order valence-corrected chi connectivity index (χ0v) is 14.4. The summed E-state index contributed by atoms with van der Waals surface area (Å²) in [5.74, 6) is 2.46. The van der Waals surface area contributed by atoms with Crippen LogP contribution < -0.4 is 10.6 Å². The van der Waals surface area contributed by atoms with Crippen molar-refractivity contribution >= 4 is 5.96 Å². The first-order valence-electron chi connectivity index (χ1n) is 8.19. The number of nitrogens with zero attached hydrogens (tertiary/aromatic N) is 3. The van der Waals surface area contributed by atoms with Gasteiger partial charge in [-0.2, -0.15) is 0 Å². The maximum atomic E-state index is 5.32. The molecule has 0 atom stereocenters. The molecule has 1 aromatic heterocycles. The van der Waals surface area contributed by atoms with Gasteiger partial charge in [0.15, 0.2) is 5.96 Å². The molecule has 0 aliphatic heterocycles. The average Bonchev–Trinajstić information content (AvgIpc) is 2.92. The second kappa shape index (κ2) is 11.1. The molecule has 0 amide bonds. The maximum absolute atomic E-state index is 5.32. The number of hydrogen-bond acceptors (Lipinski definition) is 3. The number of guanidine groups is 1. The standard InChI is InChI=1S/C16H31N5O/c1-5-22-11-7-6-8-19-16(17-4)20-12-15-18-9-10-21(15)13-14(2)3/h9-10,14H,5-8,11-13H2,1-4H3,(H2,17,19,20). The quantitative estimate of drug-likeness (QED) is 0.394. The average molecular weight is 309 g/mol. The van der Waals surface area contributed by atoms with Gasteiger partial charge in [0.25, 0.3) is 0 Å². The Bertz CT molecular complexity index is 428. The largest absolute Gasteiger partial charge is 0.382 e. The van der Waals surface area contributed by atoms with E-state index < -0.39 is 0 Å². The molecular weight excluding hydrogens is 278 g/mol. The molecule has 1 heterocycles. The molecule has 0 aliphatic carbocycles. The van der Waals surface area contributed by atoms with Crippen LogP contribution >= 0.6 is 0 Å². The van der Waals surface area contributed by atoms with Gasteiger partial charge in [0, 0.05) is 45.7 Å². The lowest BCUT2D eigenvalue weighted by Gasteiger charge is -2.14. The van der Waals surface area contributed by atoms with E-state index in [-0.39, 0.29) is 0 Å².